The largest absolute Gasteiger partial charge is 0.446 e. The molecular formula is C12H11OSi2. The van der Waals surface area contributed by atoms with Gasteiger partial charge in [0.05, 0.1) is 0 Å². The predicted molar refractivity (Wildman–Crippen MR) is 67.3 cm³/mol. The summed E-state index contributed by atoms with van der Waals surface area (Å²) in [4.78, 5) is 0. The second-order valence-corrected chi connectivity index (χ2v) is 6.34. The minimum atomic E-state index is -0.997. The molecule has 0 bridgehead atoms. The van der Waals surface area contributed by atoms with Crippen LogP contribution < -0.4 is 0 Å². The van der Waals surface area contributed by atoms with Crippen molar-refractivity contribution >= 4 is 30.1 Å². The van der Waals surface area contributed by atoms with Crippen LogP contribution in [0.5, 0.6) is 0 Å². The Morgan fingerprint density at radius 2 is 1.93 bits per heavy atom. The van der Waals surface area contributed by atoms with Gasteiger partial charge in [0.25, 0.3) is 18.8 Å². The molecule has 15 heavy (non-hydrogen) atoms. The lowest BCUT2D eigenvalue weighted by Crippen LogP contribution is -2.18. The van der Waals surface area contributed by atoms with Gasteiger partial charge in [0, 0.05) is 0 Å². The molecule has 1 aromatic carbocycles. The Bertz CT molecular complexity index is 415. The van der Waals surface area contributed by atoms with Gasteiger partial charge in [-0.05, 0) is 16.3 Å². The van der Waals surface area contributed by atoms with Crippen LogP contribution >= 0.6 is 0 Å². The van der Waals surface area contributed by atoms with Gasteiger partial charge in [0.2, 0.25) is 0 Å². The van der Waals surface area contributed by atoms with Crippen LogP contribution in [0.4, 0.5) is 0 Å². The van der Waals surface area contributed by atoms with Gasteiger partial charge in [0.1, 0.15) is 0 Å². The molecule has 0 saturated heterocycles. The molecule has 0 unspecified atom stereocenters. The van der Waals surface area contributed by atoms with E-state index < -0.39 is 9.04 Å². The zero-order valence-electron chi connectivity index (χ0n) is 8.36. The van der Waals surface area contributed by atoms with E-state index in [0.29, 0.717) is 9.76 Å². The minimum Gasteiger partial charge on any atom is -0.446 e. The molecule has 0 fully saturated rings. The monoisotopic (exact) mass is 227 g/mol. The van der Waals surface area contributed by atoms with E-state index in [2.05, 4.69) is 43.5 Å². The summed E-state index contributed by atoms with van der Waals surface area (Å²) < 4.78 is 5.73. The molecule has 1 aromatic rings. The SMILES string of the molecule is C=C[Si](C=C)O[Si]C1=Cc2ccccc21. The molecule has 1 aliphatic rings. The first-order chi connectivity index (χ1) is 7.35. The van der Waals surface area contributed by atoms with E-state index >= 15 is 0 Å². The molecule has 3 radical (unpaired) electrons. The third-order valence-electron chi connectivity index (χ3n) is 2.23. The molecule has 0 aromatic heterocycles. The molecule has 3 heteroatoms. The van der Waals surface area contributed by atoms with Crippen LogP contribution in [0.2, 0.25) is 0 Å². The standard InChI is InChI=1S/C12H11OSi2/c1-3-15(4-2)13-14-12-9-10-7-5-6-8-11(10)12/h3-9H,1-2H2. The molecule has 0 N–H and O–H groups in total. The van der Waals surface area contributed by atoms with E-state index in [4.69, 9.17) is 4.12 Å². The smallest absolute Gasteiger partial charge is 0.257 e. The number of fused-ring (bicyclic) bond motifs is 1. The summed E-state index contributed by atoms with van der Waals surface area (Å²) >= 11 is 0. The first kappa shape index (κ1) is 10.4. The fraction of sp³-hybridized carbons (Fsp3) is 0. The van der Waals surface area contributed by atoms with Crippen molar-refractivity contribution in [1.82, 2.24) is 0 Å². The molecule has 0 atom stereocenters. The van der Waals surface area contributed by atoms with Gasteiger partial charge in [-0.3, -0.25) is 0 Å². The summed E-state index contributed by atoms with van der Waals surface area (Å²) in [6.07, 6.45) is 2.18. The number of rotatable bonds is 5. The van der Waals surface area contributed by atoms with Crippen molar-refractivity contribution in [2.75, 3.05) is 0 Å². The highest BCUT2D eigenvalue weighted by Gasteiger charge is 2.17. The van der Waals surface area contributed by atoms with Crippen LogP contribution in [-0.4, -0.2) is 18.8 Å². The molecule has 1 nitrogen and oxygen atoms in total. The highest BCUT2D eigenvalue weighted by Crippen LogP contribution is 2.30. The van der Waals surface area contributed by atoms with E-state index in [9.17, 15) is 0 Å². The van der Waals surface area contributed by atoms with Crippen molar-refractivity contribution in [3.63, 3.8) is 0 Å². The molecule has 0 heterocycles. The minimum absolute atomic E-state index is 0.418. The van der Waals surface area contributed by atoms with Crippen molar-refractivity contribution < 1.29 is 4.12 Å². The zero-order chi connectivity index (χ0) is 10.7. The normalized spacial score (nSPS) is 12.7. The Morgan fingerprint density at radius 3 is 2.60 bits per heavy atom. The summed E-state index contributed by atoms with van der Waals surface area (Å²) in [6, 6.07) is 8.37. The molecule has 0 spiro atoms. The van der Waals surface area contributed by atoms with E-state index in [1.807, 2.05) is 11.4 Å². The van der Waals surface area contributed by atoms with Crippen molar-refractivity contribution in [3.8, 4) is 0 Å². The Kier molecular flexibility index (Phi) is 3.15. The third kappa shape index (κ3) is 2.09. The lowest BCUT2D eigenvalue weighted by molar-refractivity contribution is 0.647. The maximum atomic E-state index is 5.73. The van der Waals surface area contributed by atoms with Gasteiger partial charge in [0.15, 0.2) is 0 Å². The predicted octanol–water partition coefficient (Wildman–Crippen LogP) is 2.58. The average Bonchev–Trinajstić information content (AvgIpc) is 2.25. The maximum absolute atomic E-state index is 5.73. The van der Waals surface area contributed by atoms with Crippen LogP contribution in [0.25, 0.3) is 11.3 Å². The fourth-order valence-electron chi connectivity index (χ4n) is 1.39. The van der Waals surface area contributed by atoms with E-state index in [1.165, 1.54) is 16.3 Å². The third-order valence-corrected chi connectivity index (χ3v) is 5.02. The molecule has 2 rings (SSSR count). The second-order valence-electron chi connectivity index (χ2n) is 3.16. The van der Waals surface area contributed by atoms with Crippen molar-refractivity contribution in [2.45, 2.75) is 0 Å². The lowest BCUT2D eigenvalue weighted by Gasteiger charge is -2.19. The van der Waals surface area contributed by atoms with Gasteiger partial charge >= 0.3 is 0 Å². The second kappa shape index (κ2) is 4.57. The molecule has 73 valence electrons. The molecule has 1 aliphatic carbocycles. The summed E-state index contributed by atoms with van der Waals surface area (Å²) in [5.41, 5.74) is 6.35. The number of hydrogen-bond acceptors (Lipinski definition) is 1. The van der Waals surface area contributed by atoms with Crippen LogP contribution in [0, 0.1) is 0 Å². The molecular weight excluding hydrogens is 216 g/mol. The molecule has 0 saturated carbocycles. The zero-order valence-corrected chi connectivity index (χ0v) is 10.4. The lowest BCUT2D eigenvalue weighted by atomic mass is 9.98. The van der Waals surface area contributed by atoms with Crippen molar-refractivity contribution in [3.05, 3.63) is 59.9 Å². The Morgan fingerprint density at radius 1 is 1.20 bits per heavy atom. The first-order valence-corrected chi connectivity index (χ1v) is 7.18. The van der Waals surface area contributed by atoms with Crippen LogP contribution in [-0.2, 0) is 4.12 Å². The highest BCUT2D eigenvalue weighted by atomic mass is 28.3. The van der Waals surface area contributed by atoms with Crippen LogP contribution in [0.3, 0.4) is 0 Å². The summed E-state index contributed by atoms with van der Waals surface area (Å²) in [5.74, 6) is 0. The van der Waals surface area contributed by atoms with Crippen molar-refractivity contribution in [2.24, 2.45) is 0 Å². The Balaban J connectivity index is 1.94. The number of hydrogen-bond donors (Lipinski definition) is 0. The summed E-state index contributed by atoms with van der Waals surface area (Å²) in [5, 5.41) is 1.30. The van der Waals surface area contributed by atoms with Gasteiger partial charge in [-0.1, -0.05) is 41.7 Å². The Labute approximate surface area is 94.5 Å². The van der Waals surface area contributed by atoms with Crippen LogP contribution in [0.1, 0.15) is 11.1 Å². The summed E-state index contributed by atoms with van der Waals surface area (Å²) in [7, 11) is -0.579. The summed E-state index contributed by atoms with van der Waals surface area (Å²) in [6.45, 7) is 7.46. The van der Waals surface area contributed by atoms with E-state index in [-0.39, 0.29) is 0 Å². The average molecular weight is 227 g/mol. The fourth-order valence-corrected chi connectivity index (χ4v) is 3.69. The molecule has 0 amide bonds. The highest BCUT2D eigenvalue weighted by molar-refractivity contribution is 6.73. The first-order valence-electron chi connectivity index (χ1n) is 4.71. The molecule has 0 aliphatic heterocycles. The van der Waals surface area contributed by atoms with Gasteiger partial charge < -0.3 is 4.12 Å². The topological polar surface area (TPSA) is 9.23 Å². The van der Waals surface area contributed by atoms with Gasteiger partial charge in [-0.2, -0.15) is 0 Å². The maximum Gasteiger partial charge on any atom is 0.257 e. The van der Waals surface area contributed by atoms with E-state index in [1.54, 1.807) is 0 Å². The number of benzene rings is 1. The van der Waals surface area contributed by atoms with Gasteiger partial charge in [-0.15, -0.1) is 13.2 Å². The van der Waals surface area contributed by atoms with Gasteiger partial charge in [-0.25, -0.2) is 0 Å². The van der Waals surface area contributed by atoms with Crippen LogP contribution in [0.15, 0.2) is 48.8 Å². The Hall–Kier alpha value is -1.17. The quantitative estimate of drug-likeness (QED) is 0.703. The van der Waals surface area contributed by atoms with E-state index in [0.717, 1.165) is 0 Å². The van der Waals surface area contributed by atoms with Crippen molar-refractivity contribution in [1.29, 1.82) is 0 Å².